The number of methoxy groups -OCH3 is 1. The molecule has 0 aliphatic carbocycles. The minimum Gasteiger partial charge on any atom is -0.497 e. The number of hydrogen-bond acceptors (Lipinski definition) is 7. The van der Waals surface area contributed by atoms with Gasteiger partial charge in [0.05, 0.1) is 44.5 Å². The van der Waals surface area contributed by atoms with Crippen LogP contribution in [-0.4, -0.2) is 66.7 Å². The number of amides is 3. The molecule has 53 heavy (non-hydrogen) atoms. The van der Waals surface area contributed by atoms with E-state index in [0.29, 0.717) is 41.2 Å². The van der Waals surface area contributed by atoms with E-state index in [2.05, 4.69) is 21.2 Å². The van der Waals surface area contributed by atoms with Crippen molar-refractivity contribution in [2.45, 2.75) is 69.2 Å². The molecular formula is C41H44BrN3O7Si. The minimum atomic E-state index is -3.02. The van der Waals surface area contributed by atoms with Gasteiger partial charge in [-0.25, -0.2) is 0 Å². The Hall–Kier alpha value is -4.33. The smallest absolute Gasteiger partial charge is 0.264 e. The van der Waals surface area contributed by atoms with Gasteiger partial charge in [0.25, 0.3) is 11.8 Å². The molecule has 7 rings (SSSR count). The molecule has 1 saturated heterocycles. The second-order valence-electron chi connectivity index (χ2n) is 14.8. The number of aliphatic hydroxyl groups excluding tert-OH is 1. The summed E-state index contributed by atoms with van der Waals surface area (Å²) in [6, 6.07) is 27.5. The Morgan fingerprint density at radius 2 is 1.72 bits per heavy atom. The first-order chi connectivity index (χ1) is 25.3. The molecule has 0 saturated carbocycles. The SMILES string of the molecule is COc1ccc(C(=O)Nc2ccc(CN3C(=O)[C@@]4(O[C@@H](CC(=O)N5Cc6ccccc6C[C@H]5CO)[C@H]([Si](C)(C)O)[C@H]4C)c4cc(Br)ccc43)cc2)cc1. The van der Waals surface area contributed by atoms with Crippen LogP contribution in [0.25, 0.3) is 0 Å². The number of carbonyl (C=O) groups is 3. The van der Waals surface area contributed by atoms with E-state index < -0.39 is 31.5 Å². The normalized spacial score (nSPS) is 23.6. The van der Waals surface area contributed by atoms with Gasteiger partial charge in [0.1, 0.15) is 5.75 Å². The van der Waals surface area contributed by atoms with Crippen molar-refractivity contribution in [1.29, 1.82) is 0 Å². The number of ether oxygens (including phenoxy) is 2. The molecule has 12 heteroatoms. The summed E-state index contributed by atoms with van der Waals surface area (Å²) in [5, 5.41) is 13.2. The number of nitrogens with one attached hydrogen (secondary N) is 1. The average Bonchev–Trinajstić information content (AvgIpc) is 3.57. The van der Waals surface area contributed by atoms with E-state index in [1.54, 1.807) is 53.3 Å². The third-order valence-electron chi connectivity index (χ3n) is 11.1. The summed E-state index contributed by atoms with van der Waals surface area (Å²) < 4.78 is 12.9. The molecule has 3 aliphatic heterocycles. The first-order valence-corrected chi connectivity index (χ1v) is 21.7. The quantitative estimate of drug-likeness (QED) is 0.168. The van der Waals surface area contributed by atoms with Crippen molar-refractivity contribution in [2.24, 2.45) is 5.92 Å². The van der Waals surface area contributed by atoms with Gasteiger partial charge in [0.15, 0.2) is 13.9 Å². The van der Waals surface area contributed by atoms with Crippen molar-refractivity contribution in [3.8, 4) is 5.75 Å². The number of benzene rings is 4. The summed E-state index contributed by atoms with van der Waals surface area (Å²) in [6.45, 7) is 6.11. The van der Waals surface area contributed by atoms with Gasteiger partial charge in [-0.2, -0.15) is 0 Å². The number of fused-ring (bicyclic) bond motifs is 3. The Morgan fingerprint density at radius 1 is 1.02 bits per heavy atom. The molecule has 3 aliphatic rings. The molecule has 4 aromatic carbocycles. The maximum absolute atomic E-state index is 14.9. The van der Waals surface area contributed by atoms with Crippen LogP contribution >= 0.6 is 15.9 Å². The highest BCUT2D eigenvalue weighted by Gasteiger charge is 2.66. The highest BCUT2D eigenvalue weighted by atomic mass is 79.9. The third kappa shape index (κ3) is 6.83. The lowest BCUT2D eigenvalue weighted by Gasteiger charge is -2.37. The predicted octanol–water partition coefficient (Wildman–Crippen LogP) is 6.39. The fraction of sp³-hybridized carbons (Fsp3) is 0.341. The summed E-state index contributed by atoms with van der Waals surface area (Å²) in [6.07, 6.45) is -0.184. The lowest BCUT2D eigenvalue weighted by Crippen LogP contribution is -2.48. The van der Waals surface area contributed by atoms with Crippen molar-refractivity contribution in [3.63, 3.8) is 0 Å². The van der Waals surface area contributed by atoms with E-state index in [4.69, 9.17) is 9.47 Å². The second-order valence-corrected chi connectivity index (χ2v) is 19.7. The van der Waals surface area contributed by atoms with Crippen molar-refractivity contribution in [1.82, 2.24) is 4.90 Å². The van der Waals surface area contributed by atoms with Crippen molar-refractivity contribution in [3.05, 3.63) is 123 Å². The summed E-state index contributed by atoms with van der Waals surface area (Å²) in [7, 11) is -1.45. The maximum Gasteiger partial charge on any atom is 0.264 e. The maximum atomic E-state index is 14.9. The van der Waals surface area contributed by atoms with E-state index in [9.17, 15) is 24.3 Å². The molecule has 0 aromatic heterocycles. The lowest BCUT2D eigenvalue weighted by atomic mass is 9.82. The van der Waals surface area contributed by atoms with Crippen LogP contribution in [-0.2, 0) is 39.4 Å². The Bertz CT molecular complexity index is 2040. The number of aliphatic hydroxyl groups is 1. The first-order valence-electron chi connectivity index (χ1n) is 17.9. The van der Waals surface area contributed by atoms with Crippen LogP contribution in [0.3, 0.4) is 0 Å². The summed E-state index contributed by atoms with van der Waals surface area (Å²) >= 11 is 3.61. The highest BCUT2D eigenvalue weighted by Crippen LogP contribution is 2.60. The van der Waals surface area contributed by atoms with Gasteiger partial charge in [-0.15, -0.1) is 0 Å². The summed E-state index contributed by atoms with van der Waals surface area (Å²) in [5.74, 6) is -0.444. The topological polar surface area (TPSA) is 129 Å². The van der Waals surface area contributed by atoms with Gasteiger partial charge in [0.2, 0.25) is 5.91 Å². The molecule has 3 N–H and O–H groups in total. The molecule has 0 bridgehead atoms. The molecule has 276 valence electrons. The van der Waals surface area contributed by atoms with E-state index >= 15 is 0 Å². The molecule has 5 atom stereocenters. The Morgan fingerprint density at radius 3 is 2.38 bits per heavy atom. The number of nitrogens with zero attached hydrogens (tertiary/aromatic N) is 2. The van der Waals surface area contributed by atoms with E-state index in [-0.39, 0.29) is 43.3 Å². The van der Waals surface area contributed by atoms with E-state index in [0.717, 1.165) is 21.2 Å². The molecule has 4 aromatic rings. The average molecular weight is 799 g/mol. The molecule has 0 radical (unpaired) electrons. The third-order valence-corrected chi connectivity index (χ3v) is 14.1. The Kier molecular flexibility index (Phi) is 10.1. The van der Waals surface area contributed by atoms with Crippen LogP contribution in [0.5, 0.6) is 5.75 Å². The van der Waals surface area contributed by atoms with Gasteiger partial charge in [-0.3, -0.25) is 14.4 Å². The fourth-order valence-electron chi connectivity index (χ4n) is 8.56. The second kappa shape index (κ2) is 14.5. The van der Waals surface area contributed by atoms with Crippen LogP contribution < -0.4 is 15.0 Å². The highest BCUT2D eigenvalue weighted by molar-refractivity contribution is 9.10. The van der Waals surface area contributed by atoms with Crippen LogP contribution in [0.2, 0.25) is 18.6 Å². The van der Waals surface area contributed by atoms with Gasteiger partial charge in [-0.05, 0) is 90.8 Å². The largest absolute Gasteiger partial charge is 0.497 e. The monoisotopic (exact) mass is 797 g/mol. The van der Waals surface area contributed by atoms with E-state index in [1.807, 2.05) is 74.6 Å². The molecule has 3 amide bonds. The van der Waals surface area contributed by atoms with Crippen LogP contribution in [0.15, 0.2) is 95.5 Å². The number of anilines is 2. The molecular weight excluding hydrogens is 754 g/mol. The Labute approximate surface area is 319 Å². The number of carbonyl (C=O) groups excluding carboxylic acids is 3. The van der Waals surface area contributed by atoms with Crippen molar-refractivity contribution < 1.29 is 33.8 Å². The van der Waals surface area contributed by atoms with Gasteiger partial charge in [0, 0.05) is 39.3 Å². The molecule has 10 nitrogen and oxygen atoms in total. The zero-order valence-electron chi connectivity index (χ0n) is 30.2. The van der Waals surface area contributed by atoms with Crippen LogP contribution in [0.1, 0.15) is 46.0 Å². The predicted molar refractivity (Wildman–Crippen MR) is 208 cm³/mol. The van der Waals surface area contributed by atoms with Crippen LogP contribution in [0.4, 0.5) is 11.4 Å². The molecule has 3 heterocycles. The molecule has 1 fully saturated rings. The summed E-state index contributed by atoms with van der Waals surface area (Å²) in [5.41, 5.74) is 3.68. The number of halogens is 1. The number of rotatable bonds is 9. The molecule has 0 unspecified atom stereocenters. The number of hydrogen-bond donors (Lipinski definition) is 3. The van der Waals surface area contributed by atoms with E-state index in [1.165, 1.54) is 0 Å². The van der Waals surface area contributed by atoms with Gasteiger partial charge in [-0.1, -0.05) is 59.3 Å². The zero-order valence-corrected chi connectivity index (χ0v) is 32.8. The standard InChI is InChI=1S/C41H44BrN3O7Si/c1-25-38(53(3,4)50)36(21-37(47)44-23-29-8-6-5-7-28(29)19-32(44)24-46)52-41(25)34-20-30(42)13-18-35(34)45(40(41)49)22-26-9-14-31(15-10-26)43-39(48)27-11-16-33(51-2)17-12-27/h5-18,20,25,32,36,38,46,50H,19,21-24H2,1-4H3,(H,43,48)/t25-,32+,36+,38-,41+/m1/s1. The van der Waals surface area contributed by atoms with Crippen molar-refractivity contribution in [2.75, 3.05) is 23.9 Å². The molecule has 1 spiro atoms. The van der Waals surface area contributed by atoms with Crippen LogP contribution in [0, 0.1) is 5.92 Å². The zero-order chi connectivity index (χ0) is 37.7. The lowest BCUT2D eigenvalue weighted by molar-refractivity contribution is -0.151. The fourth-order valence-corrected chi connectivity index (χ4v) is 11.5. The minimum absolute atomic E-state index is 0.0211. The first kappa shape index (κ1) is 37.0. The van der Waals surface area contributed by atoms with Gasteiger partial charge < -0.3 is 34.5 Å². The van der Waals surface area contributed by atoms with Crippen molar-refractivity contribution >= 4 is 53.3 Å². The van der Waals surface area contributed by atoms with Gasteiger partial charge >= 0.3 is 0 Å². The summed E-state index contributed by atoms with van der Waals surface area (Å²) in [4.78, 5) is 57.1. The Balaban J connectivity index is 1.14.